The topological polar surface area (TPSA) is 77.1 Å². The van der Waals surface area contributed by atoms with Crippen LogP contribution in [0.5, 0.6) is 0 Å². The molecule has 6 nitrogen and oxygen atoms in total. The Balaban J connectivity index is 2.21. The monoisotopic (exact) mass is 459 g/mol. The molecule has 11 heteroatoms. The van der Waals surface area contributed by atoms with Crippen LogP contribution in [0, 0.1) is 0 Å². The summed E-state index contributed by atoms with van der Waals surface area (Å²) >= 11 is 12.0. The lowest BCUT2D eigenvalue weighted by molar-refractivity contribution is -0.140. The molecule has 3 aromatic rings. The van der Waals surface area contributed by atoms with Gasteiger partial charge in [0.05, 0.1) is 28.6 Å². The largest absolute Gasteiger partial charge is 0.477 e. The van der Waals surface area contributed by atoms with Gasteiger partial charge in [-0.25, -0.2) is 9.78 Å². The van der Waals surface area contributed by atoms with Gasteiger partial charge in [-0.2, -0.15) is 13.2 Å². The number of benzene rings is 1. The van der Waals surface area contributed by atoms with Crippen LogP contribution in [0.25, 0.3) is 11.3 Å². The summed E-state index contributed by atoms with van der Waals surface area (Å²) in [6.07, 6.45) is -2.79. The van der Waals surface area contributed by atoms with Gasteiger partial charge in [0.15, 0.2) is 11.1 Å². The smallest absolute Gasteiger partial charge is 0.434 e. The minimum atomic E-state index is -4.60. The Kier molecular flexibility index (Phi) is 5.96. The number of hydrogen-bond donors (Lipinski definition) is 1. The van der Waals surface area contributed by atoms with Crippen LogP contribution in [0.2, 0.25) is 10.0 Å². The Morgan fingerprint density at radius 2 is 1.90 bits per heavy atom. The van der Waals surface area contributed by atoms with Crippen molar-refractivity contribution in [3.63, 3.8) is 0 Å². The molecule has 0 unspecified atom stereocenters. The number of imidazole rings is 1. The number of hydrogen-bond acceptors (Lipinski definition) is 3. The van der Waals surface area contributed by atoms with Crippen molar-refractivity contribution in [3.8, 4) is 11.3 Å². The third kappa shape index (κ3) is 4.22. The Hall–Kier alpha value is -2.78. The van der Waals surface area contributed by atoms with E-state index in [0.29, 0.717) is 11.3 Å². The zero-order chi connectivity index (χ0) is 22.2. The fraction of sp³-hybridized carbons (Fsp3) is 0.211. The third-order valence-corrected chi connectivity index (χ3v) is 5.13. The van der Waals surface area contributed by atoms with Gasteiger partial charge in [-0.05, 0) is 19.1 Å². The number of carboxylic acids is 1. The van der Waals surface area contributed by atoms with Crippen LogP contribution in [0.15, 0.2) is 41.6 Å². The maximum absolute atomic E-state index is 12.8. The second-order valence-corrected chi connectivity index (χ2v) is 7.15. The van der Waals surface area contributed by atoms with Crippen molar-refractivity contribution in [2.75, 3.05) is 0 Å². The average Bonchev–Trinajstić information content (AvgIpc) is 3.12. The van der Waals surface area contributed by atoms with Crippen LogP contribution >= 0.6 is 23.2 Å². The van der Waals surface area contributed by atoms with E-state index in [4.69, 9.17) is 23.2 Å². The van der Waals surface area contributed by atoms with Crippen LogP contribution in [-0.2, 0) is 19.3 Å². The summed E-state index contributed by atoms with van der Waals surface area (Å²) in [4.78, 5) is 27.7. The SMILES string of the molecule is CCn1c(Cn2cnc(C(F)(F)F)c2)cc(=O)c(C(=O)O)c1-c1ccc(Cl)c(Cl)c1. The number of aromatic carboxylic acids is 1. The summed E-state index contributed by atoms with van der Waals surface area (Å²) in [5.41, 5.74) is -1.59. The lowest BCUT2D eigenvalue weighted by Gasteiger charge is -2.20. The molecule has 2 heterocycles. The molecule has 0 bridgehead atoms. The molecule has 0 radical (unpaired) electrons. The van der Waals surface area contributed by atoms with Gasteiger partial charge >= 0.3 is 12.1 Å². The van der Waals surface area contributed by atoms with Crippen molar-refractivity contribution < 1.29 is 23.1 Å². The standard InChI is InChI=1S/C19H14Cl2F3N3O3/c1-2-27-11(7-26-8-15(25-9-26)19(22,23)24)6-14(28)16(18(29)30)17(27)10-3-4-12(20)13(21)5-10/h3-6,8-9H,2,7H2,1H3,(H,29,30). The molecule has 0 aliphatic carbocycles. The fourth-order valence-corrected chi connectivity index (χ4v) is 3.42. The molecule has 0 aliphatic heterocycles. The Morgan fingerprint density at radius 3 is 2.43 bits per heavy atom. The molecule has 0 saturated heterocycles. The van der Waals surface area contributed by atoms with Crippen molar-refractivity contribution in [2.45, 2.75) is 26.2 Å². The highest BCUT2D eigenvalue weighted by Crippen LogP contribution is 2.31. The maximum atomic E-state index is 12.8. The van der Waals surface area contributed by atoms with Crippen LogP contribution in [0.1, 0.15) is 28.7 Å². The summed E-state index contributed by atoms with van der Waals surface area (Å²) in [6, 6.07) is 5.51. The molecule has 0 atom stereocenters. The molecule has 0 aliphatic rings. The minimum Gasteiger partial charge on any atom is -0.477 e. The molecule has 158 valence electrons. The summed E-state index contributed by atoms with van der Waals surface area (Å²) in [6.45, 7) is 1.84. The number of halogens is 5. The van der Waals surface area contributed by atoms with E-state index in [2.05, 4.69) is 4.98 Å². The molecule has 3 rings (SSSR count). The Labute approximate surface area is 178 Å². The number of rotatable bonds is 5. The molecule has 30 heavy (non-hydrogen) atoms. The van der Waals surface area contributed by atoms with Crippen LogP contribution in [-0.4, -0.2) is 25.2 Å². The van der Waals surface area contributed by atoms with E-state index < -0.39 is 28.8 Å². The second kappa shape index (κ2) is 8.16. The van der Waals surface area contributed by atoms with Crippen LogP contribution < -0.4 is 5.43 Å². The zero-order valence-corrected chi connectivity index (χ0v) is 16.9. The normalized spacial score (nSPS) is 11.7. The number of nitrogens with zero attached hydrogens (tertiary/aromatic N) is 3. The molecule has 0 spiro atoms. The molecule has 0 amide bonds. The van der Waals surface area contributed by atoms with Gasteiger partial charge in [-0.1, -0.05) is 29.3 Å². The Bertz CT molecular complexity index is 1190. The molecule has 1 aromatic carbocycles. The van der Waals surface area contributed by atoms with E-state index in [-0.39, 0.29) is 28.8 Å². The first-order valence-corrected chi connectivity index (χ1v) is 9.33. The first-order chi connectivity index (χ1) is 14.0. The van der Waals surface area contributed by atoms with E-state index in [1.807, 2.05) is 0 Å². The van der Waals surface area contributed by atoms with Gasteiger partial charge < -0.3 is 14.2 Å². The molecule has 2 aromatic heterocycles. The molecule has 0 fully saturated rings. The van der Waals surface area contributed by atoms with E-state index in [9.17, 15) is 27.9 Å². The van der Waals surface area contributed by atoms with Gasteiger partial charge in [-0.15, -0.1) is 0 Å². The minimum absolute atomic E-state index is 0.0854. The van der Waals surface area contributed by atoms with Gasteiger partial charge in [0, 0.05) is 30.1 Å². The highest BCUT2D eigenvalue weighted by Gasteiger charge is 2.33. The molecule has 1 N–H and O–H groups in total. The predicted molar refractivity (Wildman–Crippen MR) is 105 cm³/mol. The van der Waals surface area contributed by atoms with Crippen LogP contribution in [0.4, 0.5) is 13.2 Å². The number of pyridine rings is 1. The van der Waals surface area contributed by atoms with E-state index >= 15 is 0 Å². The average molecular weight is 460 g/mol. The zero-order valence-electron chi connectivity index (χ0n) is 15.4. The van der Waals surface area contributed by atoms with E-state index in [0.717, 1.165) is 18.6 Å². The van der Waals surface area contributed by atoms with Gasteiger partial charge in [0.2, 0.25) is 0 Å². The maximum Gasteiger partial charge on any atom is 0.434 e. The third-order valence-electron chi connectivity index (χ3n) is 4.39. The number of carboxylic acid groups (broad SMARTS) is 1. The molecule has 0 saturated carbocycles. The van der Waals surface area contributed by atoms with Crippen molar-refractivity contribution in [3.05, 3.63) is 74.0 Å². The summed E-state index contributed by atoms with van der Waals surface area (Å²) < 4.78 is 41.2. The number of carbonyl (C=O) groups is 1. The summed E-state index contributed by atoms with van der Waals surface area (Å²) in [5, 5.41) is 10.0. The fourth-order valence-electron chi connectivity index (χ4n) is 3.12. The van der Waals surface area contributed by atoms with Crippen molar-refractivity contribution in [1.29, 1.82) is 0 Å². The van der Waals surface area contributed by atoms with E-state index in [1.54, 1.807) is 6.92 Å². The highest BCUT2D eigenvalue weighted by atomic mass is 35.5. The quantitative estimate of drug-likeness (QED) is 0.594. The van der Waals surface area contributed by atoms with E-state index in [1.165, 1.54) is 27.3 Å². The van der Waals surface area contributed by atoms with Crippen molar-refractivity contribution in [2.24, 2.45) is 0 Å². The van der Waals surface area contributed by atoms with Crippen molar-refractivity contribution in [1.82, 2.24) is 14.1 Å². The molecular weight excluding hydrogens is 446 g/mol. The van der Waals surface area contributed by atoms with Gasteiger partial charge in [0.1, 0.15) is 5.56 Å². The van der Waals surface area contributed by atoms with Gasteiger partial charge in [-0.3, -0.25) is 4.79 Å². The number of aromatic nitrogens is 3. The lowest BCUT2D eigenvalue weighted by atomic mass is 10.0. The predicted octanol–water partition coefficient (Wildman–Crippen LogP) is 4.80. The second-order valence-electron chi connectivity index (χ2n) is 6.33. The summed E-state index contributed by atoms with van der Waals surface area (Å²) in [7, 11) is 0. The highest BCUT2D eigenvalue weighted by molar-refractivity contribution is 6.42. The van der Waals surface area contributed by atoms with Gasteiger partial charge in [0.25, 0.3) is 0 Å². The van der Waals surface area contributed by atoms with Crippen LogP contribution in [0.3, 0.4) is 0 Å². The first kappa shape index (κ1) is 21.9. The van der Waals surface area contributed by atoms with Crippen molar-refractivity contribution >= 4 is 29.2 Å². The first-order valence-electron chi connectivity index (χ1n) is 8.57. The lowest BCUT2D eigenvalue weighted by Crippen LogP contribution is -2.24. The number of alkyl halides is 3. The molecular formula is C19H14Cl2F3N3O3. The Morgan fingerprint density at radius 1 is 1.20 bits per heavy atom. The summed E-state index contributed by atoms with van der Waals surface area (Å²) in [5.74, 6) is -1.43.